The molecule has 0 aromatic carbocycles. The highest BCUT2D eigenvalue weighted by molar-refractivity contribution is 4.99. The highest BCUT2D eigenvalue weighted by Crippen LogP contribution is 2.33. The molecule has 2 fully saturated rings. The molecule has 3 unspecified atom stereocenters. The number of nitrogens with two attached hydrogens (primary N) is 1. The van der Waals surface area contributed by atoms with Crippen molar-refractivity contribution >= 4 is 0 Å². The normalized spacial score (nSPS) is 40.7. The summed E-state index contributed by atoms with van der Waals surface area (Å²) in [6.07, 6.45) is 6.60. The van der Waals surface area contributed by atoms with Crippen LogP contribution in [0.4, 0.5) is 0 Å². The monoisotopic (exact) mass is 253 g/mol. The third-order valence-electron chi connectivity index (χ3n) is 5.43. The minimum atomic E-state index is 0.288. The van der Waals surface area contributed by atoms with Crippen LogP contribution >= 0.6 is 0 Å². The van der Waals surface area contributed by atoms with Gasteiger partial charge in [0.1, 0.15) is 0 Å². The van der Waals surface area contributed by atoms with Gasteiger partial charge in [-0.25, -0.2) is 0 Å². The fraction of sp³-hybridized carbons (Fsp3) is 1.00. The smallest absolute Gasteiger partial charge is 0.0358 e. The van der Waals surface area contributed by atoms with Gasteiger partial charge in [0.2, 0.25) is 0 Å². The van der Waals surface area contributed by atoms with E-state index < -0.39 is 0 Å². The fourth-order valence-electron chi connectivity index (χ4n) is 3.75. The van der Waals surface area contributed by atoms with E-state index in [1.165, 1.54) is 51.7 Å². The number of hydrogen-bond acceptors (Lipinski definition) is 3. The van der Waals surface area contributed by atoms with Crippen molar-refractivity contribution in [2.45, 2.75) is 57.5 Å². The highest BCUT2D eigenvalue weighted by atomic mass is 15.2. The molecule has 2 N–H and O–H groups in total. The quantitative estimate of drug-likeness (QED) is 0.816. The van der Waals surface area contributed by atoms with Gasteiger partial charge in [-0.3, -0.25) is 4.90 Å². The maximum absolute atomic E-state index is 6.20. The number of hydrogen-bond donors (Lipinski definition) is 1. The van der Waals surface area contributed by atoms with E-state index in [1.54, 1.807) is 0 Å². The van der Waals surface area contributed by atoms with Gasteiger partial charge in [-0.1, -0.05) is 6.92 Å². The number of rotatable bonds is 2. The third kappa shape index (κ3) is 2.89. The lowest BCUT2D eigenvalue weighted by Crippen LogP contribution is -2.61. The maximum Gasteiger partial charge on any atom is 0.0358 e. The van der Waals surface area contributed by atoms with Gasteiger partial charge in [0, 0.05) is 18.1 Å². The maximum atomic E-state index is 6.20. The zero-order valence-corrected chi connectivity index (χ0v) is 12.5. The molecule has 106 valence electrons. The van der Waals surface area contributed by atoms with E-state index in [-0.39, 0.29) is 5.54 Å². The molecule has 0 aromatic heterocycles. The van der Waals surface area contributed by atoms with Crippen LogP contribution in [0.5, 0.6) is 0 Å². The average molecular weight is 253 g/mol. The van der Waals surface area contributed by atoms with Gasteiger partial charge in [-0.2, -0.15) is 0 Å². The molecule has 2 heterocycles. The van der Waals surface area contributed by atoms with Crippen molar-refractivity contribution in [3.8, 4) is 0 Å². The summed E-state index contributed by atoms with van der Waals surface area (Å²) in [7, 11) is 2.25. The van der Waals surface area contributed by atoms with E-state index in [4.69, 9.17) is 5.73 Å². The lowest BCUT2D eigenvalue weighted by Gasteiger charge is -2.50. The molecule has 0 spiro atoms. The van der Waals surface area contributed by atoms with E-state index in [9.17, 15) is 0 Å². The molecule has 2 rings (SSSR count). The first-order chi connectivity index (χ1) is 8.57. The molecule has 0 amide bonds. The third-order valence-corrected chi connectivity index (χ3v) is 5.43. The van der Waals surface area contributed by atoms with Gasteiger partial charge >= 0.3 is 0 Å². The van der Waals surface area contributed by atoms with Crippen LogP contribution in [0.3, 0.4) is 0 Å². The predicted octanol–water partition coefficient (Wildman–Crippen LogP) is 1.92. The topological polar surface area (TPSA) is 32.5 Å². The first kappa shape index (κ1) is 14.3. The molecule has 2 saturated heterocycles. The Kier molecular flexibility index (Phi) is 4.68. The average Bonchev–Trinajstić information content (AvgIpc) is 2.58. The van der Waals surface area contributed by atoms with Crippen molar-refractivity contribution in [1.82, 2.24) is 9.80 Å². The Balaban J connectivity index is 2.06. The number of piperidine rings is 1. The summed E-state index contributed by atoms with van der Waals surface area (Å²) in [6.45, 7) is 9.30. The number of nitrogens with zero attached hydrogens (tertiary/aromatic N) is 2. The van der Waals surface area contributed by atoms with Crippen molar-refractivity contribution < 1.29 is 0 Å². The van der Waals surface area contributed by atoms with Crippen LogP contribution in [-0.4, -0.2) is 54.6 Å². The van der Waals surface area contributed by atoms with Crippen LogP contribution in [0.2, 0.25) is 0 Å². The molecule has 3 nitrogen and oxygen atoms in total. The van der Waals surface area contributed by atoms with Gasteiger partial charge < -0.3 is 10.6 Å². The second-order valence-electron chi connectivity index (χ2n) is 6.74. The zero-order chi connectivity index (χ0) is 13.2. The zero-order valence-electron chi connectivity index (χ0n) is 12.5. The molecule has 0 radical (unpaired) electrons. The lowest BCUT2D eigenvalue weighted by atomic mass is 9.82. The van der Waals surface area contributed by atoms with Crippen LogP contribution in [-0.2, 0) is 0 Å². The molecular formula is C15H31N3. The molecule has 0 saturated carbocycles. The fourth-order valence-corrected chi connectivity index (χ4v) is 3.75. The van der Waals surface area contributed by atoms with Crippen LogP contribution in [0.15, 0.2) is 0 Å². The highest BCUT2D eigenvalue weighted by Gasteiger charge is 2.40. The van der Waals surface area contributed by atoms with Crippen LogP contribution in [0, 0.1) is 5.92 Å². The van der Waals surface area contributed by atoms with Crippen molar-refractivity contribution in [3.05, 3.63) is 0 Å². The molecular weight excluding hydrogens is 222 g/mol. The van der Waals surface area contributed by atoms with Gasteiger partial charge in [0.15, 0.2) is 0 Å². The summed E-state index contributed by atoms with van der Waals surface area (Å²) in [4.78, 5) is 5.22. The largest absolute Gasteiger partial charge is 0.329 e. The summed E-state index contributed by atoms with van der Waals surface area (Å²) in [6, 6.07) is 0.669. The molecule has 0 aliphatic carbocycles. The lowest BCUT2D eigenvalue weighted by molar-refractivity contribution is 0.0119. The Morgan fingerprint density at radius 1 is 1.17 bits per heavy atom. The van der Waals surface area contributed by atoms with E-state index >= 15 is 0 Å². The molecule has 3 atom stereocenters. The summed E-state index contributed by atoms with van der Waals surface area (Å²) in [5, 5.41) is 0. The van der Waals surface area contributed by atoms with E-state index in [0.29, 0.717) is 6.04 Å². The minimum absolute atomic E-state index is 0.288. The van der Waals surface area contributed by atoms with Gasteiger partial charge in [0.25, 0.3) is 0 Å². The summed E-state index contributed by atoms with van der Waals surface area (Å²) >= 11 is 0. The second kappa shape index (κ2) is 5.89. The Hall–Kier alpha value is -0.120. The summed E-state index contributed by atoms with van der Waals surface area (Å²) in [5.41, 5.74) is 6.49. The summed E-state index contributed by atoms with van der Waals surface area (Å²) < 4.78 is 0. The molecule has 0 bridgehead atoms. The molecule has 0 aromatic rings. The van der Waals surface area contributed by atoms with E-state index in [2.05, 4.69) is 30.7 Å². The molecule has 2 aliphatic heterocycles. The van der Waals surface area contributed by atoms with Crippen LogP contribution in [0.1, 0.15) is 46.0 Å². The van der Waals surface area contributed by atoms with Crippen molar-refractivity contribution in [3.63, 3.8) is 0 Å². The number of likely N-dealkylation sites (tertiary alicyclic amines) is 2. The Morgan fingerprint density at radius 3 is 2.61 bits per heavy atom. The summed E-state index contributed by atoms with van der Waals surface area (Å²) in [5.74, 6) is 0.897. The molecule has 2 aliphatic rings. The van der Waals surface area contributed by atoms with E-state index in [0.717, 1.165) is 12.5 Å². The van der Waals surface area contributed by atoms with Gasteiger partial charge in [0.05, 0.1) is 0 Å². The van der Waals surface area contributed by atoms with Crippen molar-refractivity contribution in [1.29, 1.82) is 0 Å². The van der Waals surface area contributed by atoms with Gasteiger partial charge in [-0.05, 0) is 71.6 Å². The SMILES string of the molecule is CC1CCCN(C2(CN)CCN(C)C(C)C2)CC1. The Morgan fingerprint density at radius 2 is 1.94 bits per heavy atom. The predicted molar refractivity (Wildman–Crippen MR) is 77.7 cm³/mol. The van der Waals surface area contributed by atoms with Crippen LogP contribution in [0.25, 0.3) is 0 Å². The first-order valence-electron chi connectivity index (χ1n) is 7.73. The Labute approximate surface area is 113 Å². The van der Waals surface area contributed by atoms with Crippen molar-refractivity contribution in [2.75, 3.05) is 33.2 Å². The van der Waals surface area contributed by atoms with Crippen LogP contribution < -0.4 is 5.73 Å². The molecule has 18 heavy (non-hydrogen) atoms. The Bertz CT molecular complexity index is 268. The molecule has 3 heteroatoms. The standard InChI is InChI=1S/C15H31N3/c1-13-5-4-8-18(9-6-13)15(12-16)7-10-17(3)14(2)11-15/h13-14H,4-12,16H2,1-3H3. The van der Waals surface area contributed by atoms with Crippen molar-refractivity contribution in [2.24, 2.45) is 11.7 Å². The van der Waals surface area contributed by atoms with Gasteiger partial charge in [-0.15, -0.1) is 0 Å². The second-order valence-corrected chi connectivity index (χ2v) is 6.74. The van der Waals surface area contributed by atoms with E-state index in [1.807, 2.05) is 0 Å². The first-order valence-corrected chi connectivity index (χ1v) is 7.73. The minimum Gasteiger partial charge on any atom is -0.329 e.